The van der Waals surface area contributed by atoms with Gasteiger partial charge in [-0.15, -0.1) is 0 Å². The molecule has 0 radical (unpaired) electrons. The van der Waals surface area contributed by atoms with Crippen molar-refractivity contribution in [3.63, 3.8) is 0 Å². The predicted molar refractivity (Wildman–Crippen MR) is 123 cm³/mol. The van der Waals surface area contributed by atoms with E-state index in [9.17, 15) is 4.79 Å². The zero-order chi connectivity index (χ0) is 20.1. The Kier molecular flexibility index (Phi) is 17.5. The molecule has 0 bridgehead atoms. The van der Waals surface area contributed by atoms with Crippen molar-refractivity contribution in [2.75, 3.05) is 26.2 Å². The number of unbranched alkanes of at least 4 members (excludes halogenated alkanes) is 11. The highest BCUT2D eigenvalue weighted by Crippen LogP contribution is 2.10. The van der Waals surface area contributed by atoms with Crippen molar-refractivity contribution in [2.45, 2.75) is 116 Å². The number of likely N-dealkylation sites (tertiary alicyclic amines) is 1. The lowest BCUT2D eigenvalue weighted by molar-refractivity contribution is -0.121. The van der Waals surface area contributed by atoms with Crippen LogP contribution in [0.25, 0.3) is 0 Å². The van der Waals surface area contributed by atoms with E-state index in [0.717, 1.165) is 19.5 Å². The maximum Gasteiger partial charge on any atom is 0.220 e. The maximum absolute atomic E-state index is 11.9. The Morgan fingerprint density at radius 3 is 2.00 bits per heavy atom. The first-order chi connectivity index (χ1) is 13.8. The predicted octanol–water partition coefficient (Wildman–Crippen LogP) is 6.63. The number of piperidine rings is 1. The summed E-state index contributed by atoms with van der Waals surface area (Å²) in [6.45, 7) is 6.55. The minimum Gasteiger partial charge on any atom is -0.355 e. The topological polar surface area (TPSA) is 32.3 Å². The molecule has 0 aliphatic carbocycles. The monoisotopic (exact) mass is 392 g/mol. The van der Waals surface area contributed by atoms with Crippen LogP contribution in [0.15, 0.2) is 12.2 Å². The third-order valence-electron chi connectivity index (χ3n) is 5.86. The minimum absolute atomic E-state index is 0.245. The number of nitrogens with zero attached hydrogens (tertiary/aromatic N) is 1. The molecule has 3 nitrogen and oxygen atoms in total. The van der Waals surface area contributed by atoms with Crippen molar-refractivity contribution in [3.8, 4) is 0 Å². The second kappa shape index (κ2) is 19.5. The second-order valence-electron chi connectivity index (χ2n) is 8.59. The second-order valence-corrected chi connectivity index (χ2v) is 8.59. The number of hydrogen-bond donors (Lipinski definition) is 1. The lowest BCUT2D eigenvalue weighted by atomic mass is 10.1. The highest BCUT2D eigenvalue weighted by molar-refractivity contribution is 5.75. The first-order valence-electron chi connectivity index (χ1n) is 12.5. The Morgan fingerprint density at radius 1 is 0.786 bits per heavy atom. The van der Waals surface area contributed by atoms with Crippen LogP contribution in [0.4, 0.5) is 0 Å². The Bertz CT molecular complexity index is 375. The standard InChI is InChI=1S/C25H48N2O/c1-2-3-4-5-6-7-8-9-10-11-12-13-14-15-17-20-25(28)26-21-24-27-22-18-16-19-23-27/h9-10H,2-8,11-24H2,1H3,(H,26,28)/b10-9+. The number of nitrogens with one attached hydrogen (secondary N) is 1. The van der Waals surface area contributed by atoms with Crippen LogP contribution in [0.5, 0.6) is 0 Å². The summed E-state index contributed by atoms with van der Waals surface area (Å²) in [6, 6.07) is 0. The van der Waals surface area contributed by atoms with E-state index in [1.165, 1.54) is 109 Å². The minimum atomic E-state index is 0.245. The summed E-state index contributed by atoms with van der Waals surface area (Å²) in [6.07, 6.45) is 26.4. The molecule has 0 saturated carbocycles. The molecule has 0 spiro atoms. The van der Waals surface area contributed by atoms with Gasteiger partial charge in [-0.05, 0) is 58.0 Å². The molecular weight excluding hydrogens is 344 g/mol. The molecule has 0 aromatic carbocycles. The van der Waals surface area contributed by atoms with Gasteiger partial charge in [0.1, 0.15) is 0 Å². The largest absolute Gasteiger partial charge is 0.355 e. The third-order valence-corrected chi connectivity index (χ3v) is 5.86. The molecule has 3 heteroatoms. The van der Waals surface area contributed by atoms with Crippen LogP contribution in [0.2, 0.25) is 0 Å². The summed E-state index contributed by atoms with van der Waals surface area (Å²) < 4.78 is 0. The van der Waals surface area contributed by atoms with Gasteiger partial charge in [0, 0.05) is 19.5 Å². The zero-order valence-corrected chi connectivity index (χ0v) is 18.9. The van der Waals surface area contributed by atoms with E-state index in [1.807, 2.05) is 0 Å². The third kappa shape index (κ3) is 16.2. The number of rotatable bonds is 18. The van der Waals surface area contributed by atoms with Crippen LogP contribution in [0.1, 0.15) is 116 Å². The molecular formula is C25H48N2O. The van der Waals surface area contributed by atoms with E-state index < -0.39 is 0 Å². The molecule has 28 heavy (non-hydrogen) atoms. The molecule has 1 amide bonds. The number of amides is 1. The summed E-state index contributed by atoms with van der Waals surface area (Å²) in [5.41, 5.74) is 0. The average molecular weight is 393 g/mol. The molecule has 1 fully saturated rings. The molecule has 1 N–H and O–H groups in total. The van der Waals surface area contributed by atoms with E-state index in [2.05, 4.69) is 29.3 Å². The van der Waals surface area contributed by atoms with Crippen molar-refractivity contribution in [2.24, 2.45) is 0 Å². The Morgan fingerprint density at radius 2 is 1.36 bits per heavy atom. The molecule has 0 unspecified atom stereocenters. The van der Waals surface area contributed by atoms with Crippen molar-refractivity contribution < 1.29 is 4.79 Å². The molecule has 1 heterocycles. The first-order valence-corrected chi connectivity index (χ1v) is 12.5. The summed E-state index contributed by atoms with van der Waals surface area (Å²) in [4.78, 5) is 14.4. The molecule has 0 aromatic rings. The van der Waals surface area contributed by atoms with Gasteiger partial charge in [-0.25, -0.2) is 0 Å². The molecule has 1 aliphatic heterocycles. The summed E-state index contributed by atoms with van der Waals surface area (Å²) in [5, 5.41) is 3.09. The Labute approximate surface area is 175 Å². The smallest absolute Gasteiger partial charge is 0.220 e. The fourth-order valence-corrected chi connectivity index (χ4v) is 3.98. The van der Waals surface area contributed by atoms with Gasteiger partial charge >= 0.3 is 0 Å². The number of hydrogen-bond acceptors (Lipinski definition) is 2. The number of carbonyl (C=O) groups is 1. The number of carbonyl (C=O) groups excluding carboxylic acids is 1. The van der Waals surface area contributed by atoms with Crippen molar-refractivity contribution >= 4 is 5.91 Å². The van der Waals surface area contributed by atoms with Crippen molar-refractivity contribution in [1.29, 1.82) is 0 Å². The zero-order valence-electron chi connectivity index (χ0n) is 18.9. The lowest BCUT2D eigenvalue weighted by Crippen LogP contribution is -2.37. The van der Waals surface area contributed by atoms with Crippen LogP contribution in [-0.4, -0.2) is 37.0 Å². The maximum atomic E-state index is 11.9. The normalized spacial score (nSPS) is 15.3. The van der Waals surface area contributed by atoms with Crippen LogP contribution < -0.4 is 5.32 Å². The highest BCUT2D eigenvalue weighted by atomic mass is 16.1. The summed E-state index contributed by atoms with van der Waals surface area (Å²) >= 11 is 0. The van der Waals surface area contributed by atoms with Gasteiger partial charge in [-0.3, -0.25) is 4.79 Å². The van der Waals surface area contributed by atoms with Crippen LogP contribution in [0, 0.1) is 0 Å². The van der Waals surface area contributed by atoms with Crippen LogP contribution >= 0.6 is 0 Å². The van der Waals surface area contributed by atoms with Gasteiger partial charge in [-0.2, -0.15) is 0 Å². The quantitative estimate of drug-likeness (QED) is 0.210. The van der Waals surface area contributed by atoms with E-state index in [1.54, 1.807) is 0 Å². The van der Waals surface area contributed by atoms with Gasteiger partial charge in [0.05, 0.1) is 0 Å². The molecule has 0 aromatic heterocycles. The first kappa shape index (κ1) is 25.2. The summed E-state index contributed by atoms with van der Waals surface area (Å²) in [5.74, 6) is 0.245. The lowest BCUT2D eigenvalue weighted by Gasteiger charge is -2.26. The molecule has 164 valence electrons. The Hall–Kier alpha value is -0.830. The highest BCUT2D eigenvalue weighted by Gasteiger charge is 2.09. The van der Waals surface area contributed by atoms with E-state index in [4.69, 9.17) is 0 Å². The fourth-order valence-electron chi connectivity index (χ4n) is 3.98. The van der Waals surface area contributed by atoms with E-state index in [0.29, 0.717) is 6.42 Å². The van der Waals surface area contributed by atoms with Gasteiger partial charge in [-0.1, -0.05) is 76.9 Å². The Balaban J connectivity index is 1.77. The molecule has 1 rings (SSSR count). The van der Waals surface area contributed by atoms with Gasteiger partial charge in [0.25, 0.3) is 0 Å². The van der Waals surface area contributed by atoms with Gasteiger partial charge in [0.15, 0.2) is 0 Å². The fraction of sp³-hybridized carbons (Fsp3) is 0.880. The average Bonchev–Trinajstić information content (AvgIpc) is 2.71. The van der Waals surface area contributed by atoms with Crippen LogP contribution in [0.3, 0.4) is 0 Å². The molecule has 1 saturated heterocycles. The van der Waals surface area contributed by atoms with Gasteiger partial charge < -0.3 is 10.2 Å². The SMILES string of the molecule is CCCCCCCC/C=C/CCCCCCCC(=O)NCCN1CCCCC1. The van der Waals surface area contributed by atoms with Crippen LogP contribution in [-0.2, 0) is 4.79 Å². The number of allylic oxidation sites excluding steroid dienone is 2. The molecule has 1 aliphatic rings. The summed E-state index contributed by atoms with van der Waals surface area (Å²) in [7, 11) is 0. The molecule has 0 atom stereocenters. The van der Waals surface area contributed by atoms with Gasteiger partial charge in [0.2, 0.25) is 5.91 Å². The van der Waals surface area contributed by atoms with E-state index in [-0.39, 0.29) is 5.91 Å². The van der Waals surface area contributed by atoms with E-state index >= 15 is 0 Å². The van der Waals surface area contributed by atoms with Crippen molar-refractivity contribution in [3.05, 3.63) is 12.2 Å². The van der Waals surface area contributed by atoms with Crippen molar-refractivity contribution in [1.82, 2.24) is 10.2 Å².